The molecule has 0 aliphatic carbocycles. The molecule has 0 bridgehead atoms. The Bertz CT molecular complexity index is 832. The first-order valence-electron chi connectivity index (χ1n) is 12.0. The van der Waals surface area contributed by atoms with Crippen LogP contribution < -0.4 is 10.6 Å². The van der Waals surface area contributed by atoms with Crippen LogP contribution in [0.4, 0.5) is 10.5 Å². The third-order valence-corrected chi connectivity index (χ3v) is 7.09. The number of nitrogens with zero attached hydrogens (tertiary/aromatic N) is 2. The number of hydrogen-bond acceptors (Lipinski definition) is 6. The minimum Gasteiger partial charge on any atom is -0.444 e. The lowest BCUT2D eigenvalue weighted by molar-refractivity contribution is -0.117. The van der Waals surface area contributed by atoms with E-state index < -0.39 is 5.60 Å². The molecular weight excluding hydrogens is 440 g/mol. The van der Waals surface area contributed by atoms with E-state index in [0.717, 1.165) is 31.5 Å². The molecule has 1 aromatic heterocycles. The summed E-state index contributed by atoms with van der Waals surface area (Å²) in [7, 11) is 0. The molecule has 2 N–H and O–H groups in total. The molecule has 2 fully saturated rings. The third kappa shape index (κ3) is 7.71. The van der Waals surface area contributed by atoms with Gasteiger partial charge in [0.25, 0.3) is 5.91 Å². The zero-order valence-electron chi connectivity index (χ0n) is 20.4. The number of piperidine rings is 1. The Labute approximate surface area is 201 Å². The van der Waals surface area contributed by atoms with Gasteiger partial charge in [0.15, 0.2) is 0 Å². The minimum absolute atomic E-state index is 0.0146. The highest BCUT2D eigenvalue weighted by Crippen LogP contribution is 2.28. The Morgan fingerprint density at radius 3 is 2.30 bits per heavy atom. The predicted octanol–water partition coefficient (Wildman–Crippen LogP) is 4.00. The van der Waals surface area contributed by atoms with E-state index in [1.807, 2.05) is 33.1 Å². The van der Waals surface area contributed by atoms with Crippen LogP contribution in [0.1, 0.15) is 74.5 Å². The molecule has 0 radical (unpaired) electrons. The zero-order valence-corrected chi connectivity index (χ0v) is 21.2. The van der Waals surface area contributed by atoms with E-state index in [4.69, 9.17) is 4.74 Å². The summed E-state index contributed by atoms with van der Waals surface area (Å²) in [6.45, 7) is 10.8. The summed E-state index contributed by atoms with van der Waals surface area (Å²) in [4.78, 5) is 42.3. The van der Waals surface area contributed by atoms with E-state index in [1.54, 1.807) is 4.90 Å². The number of amides is 3. The molecule has 0 atom stereocenters. The summed E-state index contributed by atoms with van der Waals surface area (Å²) in [6.07, 6.45) is 5.75. The number of thiophene rings is 1. The van der Waals surface area contributed by atoms with Gasteiger partial charge in [-0.05, 0) is 77.4 Å². The van der Waals surface area contributed by atoms with Crippen LogP contribution in [0.2, 0.25) is 0 Å². The number of anilines is 1. The Kier molecular flexibility index (Phi) is 8.75. The first-order valence-corrected chi connectivity index (χ1v) is 12.9. The highest BCUT2D eigenvalue weighted by atomic mass is 32.1. The van der Waals surface area contributed by atoms with Crippen molar-refractivity contribution in [3.05, 3.63) is 15.8 Å². The van der Waals surface area contributed by atoms with Gasteiger partial charge in [-0.25, -0.2) is 4.79 Å². The molecule has 0 unspecified atom stereocenters. The molecular formula is C24H38N4O4S. The molecule has 2 aliphatic heterocycles. The van der Waals surface area contributed by atoms with Gasteiger partial charge in [-0.1, -0.05) is 12.8 Å². The molecule has 3 heterocycles. The van der Waals surface area contributed by atoms with Crippen molar-refractivity contribution in [2.75, 3.05) is 38.0 Å². The first kappa shape index (κ1) is 25.5. The number of aryl methyl sites for hydroxylation is 1. The third-order valence-electron chi connectivity index (χ3n) is 5.99. The van der Waals surface area contributed by atoms with Crippen LogP contribution >= 0.6 is 11.3 Å². The van der Waals surface area contributed by atoms with Gasteiger partial charge in [0.2, 0.25) is 5.91 Å². The number of hydrogen-bond donors (Lipinski definition) is 2. The minimum atomic E-state index is -0.521. The zero-order chi connectivity index (χ0) is 24.0. The Balaban J connectivity index is 1.52. The van der Waals surface area contributed by atoms with Crippen LogP contribution in [0.25, 0.3) is 0 Å². The van der Waals surface area contributed by atoms with E-state index in [9.17, 15) is 14.4 Å². The van der Waals surface area contributed by atoms with E-state index in [0.29, 0.717) is 43.0 Å². The fourth-order valence-corrected chi connectivity index (χ4v) is 5.14. The molecule has 3 rings (SSSR count). The van der Waals surface area contributed by atoms with E-state index in [-0.39, 0.29) is 23.9 Å². The van der Waals surface area contributed by atoms with Crippen molar-refractivity contribution in [1.29, 1.82) is 0 Å². The molecule has 2 aliphatic rings. The lowest BCUT2D eigenvalue weighted by Gasteiger charge is -2.33. The summed E-state index contributed by atoms with van der Waals surface area (Å²) < 4.78 is 5.44. The summed E-state index contributed by atoms with van der Waals surface area (Å²) in [5, 5.41) is 7.98. The number of carbonyl (C=O) groups is 3. The van der Waals surface area contributed by atoms with Crippen LogP contribution in [0.5, 0.6) is 0 Å². The smallest absolute Gasteiger partial charge is 0.410 e. The van der Waals surface area contributed by atoms with Gasteiger partial charge >= 0.3 is 6.09 Å². The molecule has 0 aromatic carbocycles. The van der Waals surface area contributed by atoms with Gasteiger partial charge in [-0.3, -0.25) is 14.5 Å². The molecule has 184 valence electrons. The van der Waals surface area contributed by atoms with Crippen LogP contribution in [0, 0.1) is 6.92 Å². The monoisotopic (exact) mass is 478 g/mol. The predicted molar refractivity (Wildman–Crippen MR) is 131 cm³/mol. The van der Waals surface area contributed by atoms with E-state index >= 15 is 0 Å². The maximum atomic E-state index is 13.0. The number of nitrogens with one attached hydrogen (secondary N) is 2. The Morgan fingerprint density at radius 1 is 1.06 bits per heavy atom. The summed E-state index contributed by atoms with van der Waals surface area (Å²) in [5.74, 6) is -0.244. The summed E-state index contributed by atoms with van der Waals surface area (Å²) in [5.41, 5.74) is 0.991. The van der Waals surface area contributed by atoms with Crippen LogP contribution in [-0.2, 0) is 9.53 Å². The summed E-state index contributed by atoms with van der Waals surface area (Å²) >= 11 is 1.35. The van der Waals surface area contributed by atoms with Crippen molar-refractivity contribution in [3.8, 4) is 0 Å². The lowest BCUT2D eigenvalue weighted by Crippen LogP contribution is -2.47. The second kappa shape index (κ2) is 11.3. The SMILES string of the molecule is Cc1csc(C(=O)NC2CCN(C(=O)OC(C)(C)C)CC2)c1NC(=O)CN1CCCCCC1. The normalized spacial score (nSPS) is 18.5. The Morgan fingerprint density at radius 2 is 1.70 bits per heavy atom. The van der Waals surface area contributed by atoms with Crippen LogP contribution in [-0.4, -0.2) is 72.1 Å². The molecule has 8 nitrogen and oxygen atoms in total. The first-order chi connectivity index (χ1) is 15.6. The van der Waals surface area contributed by atoms with Gasteiger partial charge in [-0.15, -0.1) is 11.3 Å². The van der Waals surface area contributed by atoms with E-state index in [1.165, 1.54) is 24.2 Å². The van der Waals surface area contributed by atoms with Gasteiger partial charge in [0.05, 0.1) is 12.2 Å². The van der Waals surface area contributed by atoms with Crippen molar-refractivity contribution < 1.29 is 19.1 Å². The molecule has 33 heavy (non-hydrogen) atoms. The highest BCUT2D eigenvalue weighted by molar-refractivity contribution is 7.13. The average molecular weight is 479 g/mol. The van der Waals surface area contributed by atoms with Crippen LogP contribution in [0.3, 0.4) is 0 Å². The molecule has 1 aromatic rings. The highest BCUT2D eigenvalue weighted by Gasteiger charge is 2.28. The average Bonchev–Trinajstić information content (AvgIpc) is 2.93. The standard InChI is InChI=1S/C24H38N4O4S/c1-17-16-33-21(20(17)26-19(29)15-27-11-7-5-6-8-12-27)22(30)25-18-9-13-28(14-10-18)23(31)32-24(2,3)4/h16,18H,5-15H2,1-4H3,(H,25,30)(H,26,29). The molecule has 9 heteroatoms. The lowest BCUT2D eigenvalue weighted by atomic mass is 10.1. The van der Waals surface area contributed by atoms with Crippen molar-refractivity contribution in [3.63, 3.8) is 0 Å². The number of ether oxygens (including phenoxy) is 1. The molecule has 0 spiro atoms. The van der Waals surface area contributed by atoms with Crippen molar-refractivity contribution >= 4 is 34.9 Å². The molecule has 3 amide bonds. The van der Waals surface area contributed by atoms with Gasteiger partial charge in [0.1, 0.15) is 10.5 Å². The maximum Gasteiger partial charge on any atom is 0.410 e. The quantitative estimate of drug-likeness (QED) is 0.668. The van der Waals surface area contributed by atoms with Crippen molar-refractivity contribution in [2.45, 2.75) is 77.9 Å². The van der Waals surface area contributed by atoms with Gasteiger partial charge in [-0.2, -0.15) is 0 Å². The number of likely N-dealkylation sites (tertiary alicyclic amines) is 2. The molecule has 0 saturated carbocycles. The second-order valence-electron chi connectivity index (χ2n) is 10.1. The van der Waals surface area contributed by atoms with Crippen molar-refractivity contribution in [2.24, 2.45) is 0 Å². The number of carbonyl (C=O) groups excluding carboxylic acids is 3. The molecule has 2 saturated heterocycles. The topological polar surface area (TPSA) is 91.0 Å². The van der Waals surface area contributed by atoms with E-state index in [2.05, 4.69) is 15.5 Å². The largest absolute Gasteiger partial charge is 0.444 e. The van der Waals surface area contributed by atoms with Gasteiger partial charge < -0.3 is 20.3 Å². The number of rotatable bonds is 5. The fraction of sp³-hybridized carbons (Fsp3) is 0.708. The van der Waals surface area contributed by atoms with Crippen molar-refractivity contribution in [1.82, 2.24) is 15.1 Å². The summed E-state index contributed by atoms with van der Waals surface area (Å²) in [6, 6.07) is -0.0146. The fourth-order valence-electron chi connectivity index (χ4n) is 4.23. The second-order valence-corrected chi connectivity index (χ2v) is 11.0. The Hall–Kier alpha value is -2.13. The van der Waals surface area contributed by atoms with Crippen LogP contribution in [0.15, 0.2) is 5.38 Å². The maximum absolute atomic E-state index is 13.0. The van der Waals surface area contributed by atoms with Gasteiger partial charge in [0, 0.05) is 19.1 Å².